The third-order valence-electron chi connectivity index (χ3n) is 10.7. The first-order valence-electron chi connectivity index (χ1n) is 18.6. The monoisotopic (exact) mass is 665 g/mol. The summed E-state index contributed by atoms with van der Waals surface area (Å²) in [5.41, 5.74) is 12.7. The van der Waals surface area contributed by atoms with Crippen LogP contribution in [0.15, 0.2) is 146 Å². The lowest BCUT2D eigenvalue weighted by Gasteiger charge is -2.33. The summed E-state index contributed by atoms with van der Waals surface area (Å²) in [7, 11) is 2.15. The molecule has 0 heterocycles. The van der Waals surface area contributed by atoms with Crippen LogP contribution in [0.1, 0.15) is 63.3 Å². The van der Waals surface area contributed by atoms with Crippen molar-refractivity contribution >= 4 is 32.9 Å². The molecule has 0 bridgehead atoms. The minimum Gasteiger partial charge on any atom is -0.345 e. The molecule has 1 atom stereocenters. The second-order valence-corrected chi connectivity index (χ2v) is 15.7. The fourth-order valence-electron chi connectivity index (χ4n) is 7.86. The van der Waals surface area contributed by atoms with E-state index in [4.69, 9.17) is 0 Å². The Hall–Kier alpha value is -5.14. The maximum atomic E-state index is 2.43. The van der Waals surface area contributed by atoms with Gasteiger partial charge in [-0.25, -0.2) is 0 Å². The van der Waals surface area contributed by atoms with Crippen molar-refractivity contribution in [2.24, 2.45) is 11.8 Å². The van der Waals surface area contributed by atoms with Crippen LogP contribution in [0.4, 0.5) is 11.4 Å². The van der Waals surface area contributed by atoms with Crippen molar-refractivity contribution in [1.29, 1.82) is 0 Å². The van der Waals surface area contributed by atoms with Crippen LogP contribution in [0, 0.1) is 18.8 Å². The molecule has 0 radical (unpaired) electrons. The van der Waals surface area contributed by atoms with E-state index in [2.05, 4.69) is 199 Å². The number of anilines is 2. The van der Waals surface area contributed by atoms with Gasteiger partial charge in [-0.1, -0.05) is 149 Å². The number of aryl methyl sites for hydroxylation is 1. The van der Waals surface area contributed by atoms with Crippen molar-refractivity contribution in [3.8, 4) is 22.3 Å². The fraction of sp³-hybridized carbons (Fsp3) is 0.240. The van der Waals surface area contributed by atoms with E-state index in [0.717, 1.165) is 12.8 Å². The Balaban J connectivity index is 1.14. The Labute approximate surface area is 305 Å². The Kier molecular flexibility index (Phi) is 9.58. The van der Waals surface area contributed by atoms with Crippen molar-refractivity contribution in [3.63, 3.8) is 0 Å². The number of nitrogens with zero attached hydrogens (tertiary/aromatic N) is 1. The molecule has 0 N–H and O–H groups in total. The summed E-state index contributed by atoms with van der Waals surface area (Å²) < 4.78 is 0. The fourth-order valence-corrected chi connectivity index (χ4v) is 7.86. The molecule has 0 amide bonds. The molecule has 1 heteroatoms. The molecule has 0 saturated heterocycles. The van der Waals surface area contributed by atoms with Crippen molar-refractivity contribution in [2.75, 3.05) is 11.9 Å². The molecule has 51 heavy (non-hydrogen) atoms. The minimum atomic E-state index is -0.110. The van der Waals surface area contributed by atoms with Gasteiger partial charge in [0.25, 0.3) is 0 Å². The first kappa shape index (κ1) is 34.3. The summed E-state index contributed by atoms with van der Waals surface area (Å²) in [5, 5.41) is 5.13. The topological polar surface area (TPSA) is 3.24 Å². The van der Waals surface area contributed by atoms with E-state index < -0.39 is 0 Å². The molecule has 7 aromatic carbocycles. The number of benzene rings is 7. The van der Waals surface area contributed by atoms with Crippen molar-refractivity contribution < 1.29 is 0 Å². The zero-order chi connectivity index (χ0) is 35.7. The Morgan fingerprint density at radius 2 is 0.882 bits per heavy atom. The molecule has 0 aliphatic carbocycles. The summed E-state index contributed by atoms with van der Waals surface area (Å²) in [6, 6.07) is 54.8. The van der Waals surface area contributed by atoms with E-state index in [1.807, 2.05) is 0 Å². The van der Waals surface area contributed by atoms with E-state index in [1.54, 1.807) is 0 Å². The van der Waals surface area contributed by atoms with Gasteiger partial charge in [-0.2, -0.15) is 0 Å². The van der Waals surface area contributed by atoms with Gasteiger partial charge in [-0.3, -0.25) is 0 Å². The zero-order valence-electron chi connectivity index (χ0n) is 31.4. The lowest BCUT2D eigenvalue weighted by molar-refractivity contribution is 0.428. The van der Waals surface area contributed by atoms with Crippen LogP contribution in [0.25, 0.3) is 43.8 Å². The summed E-state index contributed by atoms with van der Waals surface area (Å²) in [6.45, 7) is 13.8. The van der Waals surface area contributed by atoms with Gasteiger partial charge < -0.3 is 4.90 Å². The summed E-state index contributed by atoms with van der Waals surface area (Å²) >= 11 is 0. The molecule has 0 fully saturated rings. The molecule has 0 spiro atoms. The van der Waals surface area contributed by atoms with Gasteiger partial charge in [0.1, 0.15) is 0 Å². The van der Waals surface area contributed by atoms with Gasteiger partial charge in [0.2, 0.25) is 0 Å². The van der Waals surface area contributed by atoms with Gasteiger partial charge in [-0.15, -0.1) is 0 Å². The molecule has 0 saturated carbocycles. The molecular weight excluding hydrogens is 615 g/mol. The second kappa shape index (κ2) is 14.2. The average molecular weight is 666 g/mol. The van der Waals surface area contributed by atoms with E-state index in [9.17, 15) is 0 Å². The zero-order valence-corrected chi connectivity index (χ0v) is 31.4. The third kappa shape index (κ3) is 7.35. The standard InChI is InChI=1S/C50H51N/c1-34(2)28-37-10-24-48(25-11-37)51(7)49-26-20-39(21-27-49)41-15-17-45-32-47(23-19-43(45)30-41)50(6,33-35(3)4)46-22-18-42-29-40(14-16-44(42)31-46)38-12-8-36(5)9-13-38/h8-27,29-32,34-35H,28,33H2,1-7H3. The summed E-state index contributed by atoms with van der Waals surface area (Å²) in [4.78, 5) is 2.26. The molecule has 0 aromatic heterocycles. The predicted octanol–water partition coefficient (Wildman–Crippen LogP) is 14.0. The second-order valence-electron chi connectivity index (χ2n) is 15.7. The maximum absolute atomic E-state index is 2.43. The number of hydrogen-bond acceptors (Lipinski definition) is 1. The van der Waals surface area contributed by atoms with E-state index in [1.165, 1.54) is 77.4 Å². The van der Waals surface area contributed by atoms with Crippen LogP contribution in [0.2, 0.25) is 0 Å². The van der Waals surface area contributed by atoms with Crippen LogP contribution < -0.4 is 4.90 Å². The number of hydrogen-bond donors (Lipinski definition) is 0. The average Bonchev–Trinajstić information content (AvgIpc) is 3.14. The smallest absolute Gasteiger partial charge is 0.0408 e. The highest BCUT2D eigenvalue weighted by atomic mass is 15.1. The highest BCUT2D eigenvalue weighted by molar-refractivity contribution is 5.90. The highest BCUT2D eigenvalue weighted by Gasteiger charge is 2.30. The van der Waals surface area contributed by atoms with Gasteiger partial charge in [-0.05, 0) is 128 Å². The maximum Gasteiger partial charge on any atom is 0.0408 e. The highest BCUT2D eigenvalue weighted by Crippen LogP contribution is 2.41. The van der Waals surface area contributed by atoms with Crippen molar-refractivity contribution in [3.05, 3.63) is 168 Å². The van der Waals surface area contributed by atoms with Crippen LogP contribution in [-0.2, 0) is 11.8 Å². The molecule has 7 rings (SSSR count). The molecule has 0 aliphatic rings. The minimum absolute atomic E-state index is 0.110. The first-order chi connectivity index (χ1) is 24.6. The lowest BCUT2D eigenvalue weighted by atomic mass is 9.70. The largest absolute Gasteiger partial charge is 0.345 e. The van der Waals surface area contributed by atoms with Crippen molar-refractivity contribution in [1.82, 2.24) is 0 Å². The Morgan fingerprint density at radius 3 is 1.35 bits per heavy atom. The molecule has 7 aromatic rings. The quantitative estimate of drug-likeness (QED) is 0.141. The molecule has 1 unspecified atom stereocenters. The molecule has 0 aliphatic heterocycles. The van der Waals surface area contributed by atoms with Crippen LogP contribution in [0.3, 0.4) is 0 Å². The van der Waals surface area contributed by atoms with Gasteiger partial charge in [0.05, 0.1) is 0 Å². The van der Waals surface area contributed by atoms with Crippen LogP contribution in [0.5, 0.6) is 0 Å². The Bertz CT molecular complexity index is 2270. The van der Waals surface area contributed by atoms with Crippen LogP contribution in [-0.4, -0.2) is 7.05 Å². The molecule has 256 valence electrons. The number of fused-ring (bicyclic) bond motifs is 2. The predicted molar refractivity (Wildman–Crippen MR) is 222 cm³/mol. The van der Waals surface area contributed by atoms with E-state index in [0.29, 0.717) is 11.8 Å². The van der Waals surface area contributed by atoms with Crippen LogP contribution >= 0.6 is 0 Å². The molecule has 1 nitrogen and oxygen atoms in total. The Morgan fingerprint density at radius 1 is 0.471 bits per heavy atom. The first-order valence-corrected chi connectivity index (χ1v) is 18.6. The summed E-state index contributed by atoms with van der Waals surface area (Å²) in [5.74, 6) is 1.22. The molecular formula is C50H51N. The van der Waals surface area contributed by atoms with E-state index >= 15 is 0 Å². The third-order valence-corrected chi connectivity index (χ3v) is 10.7. The lowest BCUT2D eigenvalue weighted by Crippen LogP contribution is -2.25. The van der Waals surface area contributed by atoms with Gasteiger partial charge in [0, 0.05) is 23.8 Å². The van der Waals surface area contributed by atoms with Crippen molar-refractivity contribution in [2.45, 2.75) is 59.8 Å². The van der Waals surface area contributed by atoms with Gasteiger partial charge in [0.15, 0.2) is 0 Å². The number of rotatable bonds is 10. The van der Waals surface area contributed by atoms with E-state index in [-0.39, 0.29) is 5.41 Å². The normalized spacial score (nSPS) is 12.9. The van der Waals surface area contributed by atoms with Gasteiger partial charge >= 0.3 is 0 Å². The summed E-state index contributed by atoms with van der Waals surface area (Å²) in [6.07, 6.45) is 2.19. The SMILES string of the molecule is Cc1ccc(-c2ccc3cc(C(C)(CC(C)C)c4ccc5cc(-c6ccc(N(C)c7ccc(CC(C)C)cc7)cc6)ccc5c4)ccc3c2)cc1.